The maximum absolute atomic E-state index is 13.5. The fraction of sp³-hybridized carbons (Fsp3) is 0.333. The number of amides is 1. The maximum Gasteiger partial charge on any atom is 0.233 e. The average Bonchev–Trinajstić information content (AvgIpc) is 2.62. The van der Waals surface area contributed by atoms with Gasteiger partial charge in [0.05, 0.1) is 11.8 Å². The lowest BCUT2D eigenvalue weighted by molar-refractivity contribution is -0.131. The molecule has 126 valence electrons. The Bertz CT molecular complexity index is 683. The van der Waals surface area contributed by atoms with E-state index in [1.165, 1.54) is 12.1 Å². The van der Waals surface area contributed by atoms with Gasteiger partial charge in [0, 0.05) is 37.8 Å². The molecule has 1 aromatic carbocycles. The number of nitrogens with one attached hydrogen (secondary N) is 1. The van der Waals surface area contributed by atoms with Crippen LogP contribution in [0.1, 0.15) is 17.2 Å². The summed E-state index contributed by atoms with van der Waals surface area (Å²) in [5, 5.41) is 3.29. The lowest BCUT2D eigenvalue weighted by Crippen LogP contribution is -2.49. The fourth-order valence-corrected chi connectivity index (χ4v) is 3.69. The van der Waals surface area contributed by atoms with Crippen molar-refractivity contribution in [2.45, 2.75) is 11.8 Å². The Hall–Kier alpha value is -1.92. The molecule has 0 saturated carbocycles. The van der Waals surface area contributed by atoms with Crippen LogP contribution >= 0.6 is 11.8 Å². The molecule has 1 aromatic heterocycles. The maximum atomic E-state index is 13.5. The highest BCUT2D eigenvalue weighted by Crippen LogP contribution is 2.24. The van der Waals surface area contributed by atoms with E-state index in [2.05, 4.69) is 10.3 Å². The van der Waals surface area contributed by atoms with E-state index in [-0.39, 0.29) is 17.8 Å². The van der Waals surface area contributed by atoms with Crippen molar-refractivity contribution in [3.8, 4) is 0 Å². The molecule has 0 bridgehead atoms. The molecule has 0 spiro atoms. The Labute approximate surface area is 145 Å². The lowest BCUT2D eigenvalue weighted by Gasteiger charge is -2.36. The Morgan fingerprint density at radius 3 is 3.08 bits per heavy atom. The van der Waals surface area contributed by atoms with Gasteiger partial charge < -0.3 is 10.2 Å². The third kappa shape index (κ3) is 4.33. The number of benzene rings is 1. The van der Waals surface area contributed by atoms with Gasteiger partial charge in [0.15, 0.2) is 0 Å². The smallest absolute Gasteiger partial charge is 0.233 e. The number of nitrogens with zero attached hydrogens (tertiary/aromatic N) is 2. The van der Waals surface area contributed by atoms with Crippen LogP contribution in [0.2, 0.25) is 0 Å². The van der Waals surface area contributed by atoms with Gasteiger partial charge in [0.2, 0.25) is 5.91 Å². The number of thioether (sulfide) groups is 1. The molecule has 3 rings (SSSR count). The molecule has 1 atom stereocenters. The molecule has 1 aliphatic heterocycles. The SMILES string of the molecule is O=C(CSCc1cccnc1)N1CCNCC1c1cccc(F)c1. The Morgan fingerprint density at radius 1 is 1.38 bits per heavy atom. The van der Waals surface area contributed by atoms with Crippen molar-refractivity contribution in [1.82, 2.24) is 15.2 Å². The predicted molar refractivity (Wildman–Crippen MR) is 94.1 cm³/mol. The summed E-state index contributed by atoms with van der Waals surface area (Å²) in [4.78, 5) is 18.6. The van der Waals surface area contributed by atoms with Crippen molar-refractivity contribution in [2.24, 2.45) is 0 Å². The number of pyridine rings is 1. The van der Waals surface area contributed by atoms with Crippen LogP contribution in [0.4, 0.5) is 4.39 Å². The number of hydrogen-bond acceptors (Lipinski definition) is 4. The van der Waals surface area contributed by atoms with Crippen LogP contribution in [-0.4, -0.2) is 41.2 Å². The van der Waals surface area contributed by atoms with Gasteiger partial charge in [-0.1, -0.05) is 18.2 Å². The van der Waals surface area contributed by atoms with Crippen molar-refractivity contribution >= 4 is 17.7 Å². The minimum atomic E-state index is -0.267. The first kappa shape index (κ1) is 16.9. The van der Waals surface area contributed by atoms with E-state index < -0.39 is 0 Å². The second-order valence-corrected chi connectivity index (χ2v) is 6.70. The Kier molecular flexibility index (Phi) is 5.82. The summed E-state index contributed by atoms with van der Waals surface area (Å²) in [6.07, 6.45) is 3.56. The first-order valence-electron chi connectivity index (χ1n) is 7.96. The van der Waals surface area contributed by atoms with Gasteiger partial charge in [0.25, 0.3) is 0 Å². The van der Waals surface area contributed by atoms with Gasteiger partial charge in [-0.25, -0.2) is 4.39 Å². The Morgan fingerprint density at radius 2 is 2.29 bits per heavy atom. The summed E-state index contributed by atoms with van der Waals surface area (Å²) in [5.41, 5.74) is 1.95. The highest BCUT2D eigenvalue weighted by molar-refractivity contribution is 7.99. The van der Waals surface area contributed by atoms with Crippen LogP contribution in [-0.2, 0) is 10.5 Å². The zero-order valence-electron chi connectivity index (χ0n) is 13.3. The molecule has 2 aromatic rings. The largest absolute Gasteiger partial charge is 0.332 e. The van der Waals surface area contributed by atoms with E-state index in [1.54, 1.807) is 24.0 Å². The molecular weight excluding hydrogens is 325 g/mol. The van der Waals surface area contributed by atoms with Crippen LogP contribution in [0, 0.1) is 5.82 Å². The minimum Gasteiger partial charge on any atom is -0.332 e. The zero-order valence-corrected chi connectivity index (χ0v) is 14.1. The molecule has 24 heavy (non-hydrogen) atoms. The van der Waals surface area contributed by atoms with E-state index in [0.717, 1.165) is 23.4 Å². The standard InChI is InChI=1S/C18H20FN3OS/c19-16-5-1-4-15(9-16)17-11-21-7-8-22(17)18(23)13-24-12-14-3-2-6-20-10-14/h1-6,9-10,17,21H,7-8,11-13H2. The van der Waals surface area contributed by atoms with E-state index in [4.69, 9.17) is 0 Å². The quantitative estimate of drug-likeness (QED) is 0.905. The molecule has 0 aliphatic carbocycles. The highest BCUT2D eigenvalue weighted by atomic mass is 32.2. The number of hydrogen-bond donors (Lipinski definition) is 1. The summed E-state index contributed by atoms with van der Waals surface area (Å²) in [6.45, 7) is 2.07. The molecular formula is C18H20FN3OS. The molecule has 0 radical (unpaired) electrons. The molecule has 2 heterocycles. The molecule has 1 amide bonds. The number of carbonyl (C=O) groups excluding carboxylic acids is 1. The van der Waals surface area contributed by atoms with Gasteiger partial charge in [-0.15, -0.1) is 11.8 Å². The van der Waals surface area contributed by atoms with Crippen LogP contribution in [0.15, 0.2) is 48.8 Å². The summed E-state index contributed by atoms with van der Waals surface area (Å²) in [5.74, 6) is 1.01. The van der Waals surface area contributed by atoms with E-state index in [9.17, 15) is 9.18 Å². The molecule has 1 fully saturated rings. The van der Waals surface area contributed by atoms with Crippen LogP contribution < -0.4 is 5.32 Å². The Balaban J connectivity index is 1.61. The zero-order chi connectivity index (χ0) is 16.8. The van der Waals surface area contributed by atoms with Gasteiger partial charge in [-0.05, 0) is 29.3 Å². The van der Waals surface area contributed by atoms with Gasteiger partial charge in [-0.3, -0.25) is 9.78 Å². The third-order valence-electron chi connectivity index (χ3n) is 4.01. The lowest BCUT2D eigenvalue weighted by atomic mass is 10.0. The minimum absolute atomic E-state index is 0.0969. The van der Waals surface area contributed by atoms with Crippen LogP contribution in [0.3, 0.4) is 0 Å². The summed E-state index contributed by atoms with van der Waals surface area (Å²) >= 11 is 1.58. The van der Waals surface area contributed by atoms with E-state index in [1.807, 2.05) is 29.3 Å². The topological polar surface area (TPSA) is 45.2 Å². The number of carbonyl (C=O) groups is 1. The third-order valence-corrected chi connectivity index (χ3v) is 5.00. The monoisotopic (exact) mass is 345 g/mol. The fourth-order valence-electron chi connectivity index (χ4n) is 2.84. The van der Waals surface area contributed by atoms with Gasteiger partial charge in [-0.2, -0.15) is 0 Å². The van der Waals surface area contributed by atoms with E-state index >= 15 is 0 Å². The van der Waals surface area contributed by atoms with Crippen molar-refractivity contribution in [2.75, 3.05) is 25.4 Å². The van der Waals surface area contributed by atoms with Gasteiger partial charge >= 0.3 is 0 Å². The molecule has 1 saturated heterocycles. The average molecular weight is 345 g/mol. The second kappa shape index (κ2) is 8.26. The first-order valence-corrected chi connectivity index (χ1v) is 9.12. The molecule has 6 heteroatoms. The van der Waals surface area contributed by atoms with Crippen molar-refractivity contribution in [3.05, 3.63) is 65.7 Å². The normalized spacial score (nSPS) is 17.7. The highest BCUT2D eigenvalue weighted by Gasteiger charge is 2.27. The summed E-state index contributed by atoms with van der Waals surface area (Å²) in [6, 6.07) is 10.3. The van der Waals surface area contributed by atoms with Crippen LogP contribution in [0.5, 0.6) is 0 Å². The van der Waals surface area contributed by atoms with E-state index in [0.29, 0.717) is 18.8 Å². The summed E-state index contributed by atoms with van der Waals surface area (Å²) < 4.78 is 13.5. The second-order valence-electron chi connectivity index (χ2n) is 5.72. The number of halogens is 1. The predicted octanol–water partition coefficient (Wildman–Crippen LogP) is 2.63. The van der Waals surface area contributed by atoms with Crippen molar-refractivity contribution < 1.29 is 9.18 Å². The van der Waals surface area contributed by atoms with Crippen molar-refractivity contribution in [3.63, 3.8) is 0 Å². The van der Waals surface area contributed by atoms with Crippen LogP contribution in [0.25, 0.3) is 0 Å². The first-order chi connectivity index (χ1) is 11.7. The molecule has 1 aliphatic rings. The number of piperazine rings is 1. The molecule has 4 nitrogen and oxygen atoms in total. The molecule has 1 unspecified atom stereocenters. The molecule has 1 N–H and O–H groups in total. The van der Waals surface area contributed by atoms with Gasteiger partial charge in [0.1, 0.15) is 5.82 Å². The summed E-state index contributed by atoms with van der Waals surface area (Å²) in [7, 11) is 0. The van der Waals surface area contributed by atoms with Crippen molar-refractivity contribution in [1.29, 1.82) is 0 Å². The number of rotatable bonds is 5. The number of aromatic nitrogens is 1.